The molecule has 0 saturated carbocycles. The molecule has 1 aromatic rings. The molecule has 0 aliphatic carbocycles. The van der Waals surface area contributed by atoms with Gasteiger partial charge in [-0.3, -0.25) is 4.90 Å². The van der Waals surface area contributed by atoms with Crippen LogP contribution in [0.1, 0.15) is 27.7 Å². The van der Waals surface area contributed by atoms with Gasteiger partial charge < -0.3 is 4.74 Å². The quantitative estimate of drug-likeness (QED) is 0.772. The summed E-state index contributed by atoms with van der Waals surface area (Å²) in [6, 6.07) is 5.44. The van der Waals surface area contributed by atoms with Gasteiger partial charge in [-0.2, -0.15) is 0 Å². The lowest BCUT2D eigenvalue weighted by Crippen LogP contribution is -2.37. The summed E-state index contributed by atoms with van der Waals surface area (Å²) in [5.41, 5.74) is -0.487. The van der Waals surface area contributed by atoms with E-state index >= 15 is 0 Å². The molecule has 0 atom stereocenters. The first-order chi connectivity index (χ1) is 7.44. The van der Waals surface area contributed by atoms with Gasteiger partial charge in [0.15, 0.2) is 0 Å². The van der Waals surface area contributed by atoms with Crippen LogP contribution in [0.25, 0.3) is 0 Å². The van der Waals surface area contributed by atoms with Crippen LogP contribution in [0.15, 0.2) is 24.4 Å². The van der Waals surface area contributed by atoms with E-state index in [1.807, 2.05) is 39.8 Å². The second-order valence-electron chi connectivity index (χ2n) is 4.41. The lowest BCUT2D eigenvalue weighted by Gasteiger charge is -2.25. The molecule has 4 nitrogen and oxygen atoms in total. The third-order valence-electron chi connectivity index (χ3n) is 1.86. The van der Waals surface area contributed by atoms with E-state index in [0.717, 1.165) is 0 Å². The number of rotatable bonds is 2. The monoisotopic (exact) mass is 222 g/mol. The summed E-state index contributed by atoms with van der Waals surface area (Å²) in [7, 11) is 0. The van der Waals surface area contributed by atoms with E-state index in [4.69, 9.17) is 4.74 Å². The standard InChI is InChI=1S/C12H18N2O2/c1-5-14(10-8-6-7-9-13-10)11(15)16-12(2,3)4/h6-9H,5H2,1-4H3. The molecule has 16 heavy (non-hydrogen) atoms. The fourth-order valence-corrected chi connectivity index (χ4v) is 1.22. The van der Waals surface area contributed by atoms with E-state index < -0.39 is 5.60 Å². The van der Waals surface area contributed by atoms with E-state index in [1.165, 1.54) is 4.90 Å². The maximum atomic E-state index is 11.9. The molecular formula is C12H18N2O2. The van der Waals surface area contributed by atoms with Crippen molar-refractivity contribution >= 4 is 11.9 Å². The number of ether oxygens (including phenoxy) is 1. The summed E-state index contributed by atoms with van der Waals surface area (Å²) in [5, 5.41) is 0. The van der Waals surface area contributed by atoms with Crippen molar-refractivity contribution < 1.29 is 9.53 Å². The zero-order valence-electron chi connectivity index (χ0n) is 10.2. The van der Waals surface area contributed by atoms with Crippen molar-refractivity contribution in [2.45, 2.75) is 33.3 Å². The number of aromatic nitrogens is 1. The van der Waals surface area contributed by atoms with Crippen molar-refractivity contribution in [3.63, 3.8) is 0 Å². The minimum atomic E-state index is -0.487. The molecule has 0 saturated heterocycles. The molecule has 0 aliphatic rings. The Kier molecular flexibility index (Phi) is 3.88. The molecule has 1 aromatic heterocycles. The van der Waals surface area contributed by atoms with Crippen LogP contribution >= 0.6 is 0 Å². The molecule has 0 bridgehead atoms. The Bertz CT molecular complexity index is 344. The first-order valence-electron chi connectivity index (χ1n) is 5.35. The van der Waals surface area contributed by atoms with Crippen LogP contribution in [0.2, 0.25) is 0 Å². The number of amides is 1. The highest BCUT2D eigenvalue weighted by Gasteiger charge is 2.22. The second kappa shape index (κ2) is 4.96. The van der Waals surface area contributed by atoms with E-state index in [1.54, 1.807) is 12.3 Å². The summed E-state index contributed by atoms with van der Waals surface area (Å²) >= 11 is 0. The molecule has 88 valence electrons. The Morgan fingerprint density at radius 2 is 2.12 bits per heavy atom. The first kappa shape index (κ1) is 12.5. The van der Waals surface area contributed by atoms with Gasteiger partial charge in [-0.1, -0.05) is 6.07 Å². The minimum absolute atomic E-state index is 0.367. The predicted molar refractivity (Wildman–Crippen MR) is 63.5 cm³/mol. The van der Waals surface area contributed by atoms with E-state index in [-0.39, 0.29) is 6.09 Å². The Balaban J connectivity index is 2.80. The maximum absolute atomic E-state index is 11.9. The van der Waals surface area contributed by atoms with Crippen LogP contribution in [0, 0.1) is 0 Å². The molecule has 0 unspecified atom stereocenters. The lowest BCUT2D eigenvalue weighted by atomic mass is 10.2. The third-order valence-corrected chi connectivity index (χ3v) is 1.86. The molecule has 0 aromatic carbocycles. The summed E-state index contributed by atoms with van der Waals surface area (Å²) in [4.78, 5) is 17.5. The van der Waals surface area contributed by atoms with Crippen LogP contribution in [-0.2, 0) is 4.74 Å². The number of carbonyl (C=O) groups excluding carboxylic acids is 1. The molecule has 1 amide bonds. The number of carbonyl (C=O) groups is 1. The average molecular weight is 222 g/mol. The highest BCUT2D eigenvalue weighted by molar-refractivity contribution is 5.86. The summed E-state index contributed by atoms with van der Waals surface area (Å²) < 4.78 is 5.29. The Labute approximate surface area is 96.2 Å². The van der Waals surface area contributed by atoms with Crippen molar-refractivity contribution in [3.05, 3.63) is 24.4 Å². The van der Waals surface area contributed by atoms with Crippen molar-refractivity contribution in [3.8, 4) is 0 Å². The second-order valence-corrected chi connectivity index (χ2v) is 4.41. The highest BCUT2D eigenvalue weighted by Crippen LogP contribution is 2.15. The number of hydrogen-bond acceptors (Lipinski definition) is 3. The summed E-state index contributed by atoms with van der Waals surface area (Å²) in [5.74, 6) is 0.610. The van der Waals surface area contributed by atoms with E-state index in [9.17, 15) is 4.79 Å². The SMILES string of the molecule is CCN(C(=O)OC(C)(C)C)c1ccccn1. The van der Waals surface area contributed by atoms with Gasteiger partial charge in [0.2, 0.25) is 0 Å². The van der Waals surface area contributed by atoms with Crippen molar-refractivity contribution in [1.29, 1.82) is 0 Å². The minimum Gasteiger partial charge on any atom is -0.443 e. The van der Waals surface area contributed by atoms with Crippen LogP contribution in [-0.4, -0.2) is 23.2 Å². The molecule has 0 fully saturated rings. The molecule has 1 heterocycles. The molecule has 0 aliphatic heterocycles. The Hall–Kier alpha value is -1.58. The van der Waals surface area contributed by atoms with E-state index in [2.05, 4.69) is 4.98 Å². The predicted octanol–water partition coefficient (Wildman–Crippen LogP) is 2.84. The summed E-state index contributed by atoms with van der Waals surface area (Å²) in [6.07, 6.45) is 1.29. The third kappa shape index (κ3) is 3.53. The largest absolute Gasteiger partial charge is 0.443 e. The van der Waals surface area contributed by atoms with Crippen LogP contribution in [0.4, 0.5) is 10.6 Å². The van der Waals surface area contributed by atoms with Crippen molar-refractivity contribution in [1.82, 2.24) is 4.98 Å². The van der Waals surface area contributed by atoms with Crippen LogP contribution in [0.5, 0.6) is 0 Å². The topological polar surface area (TPSA) is 42.4 Å². The van der Waals surface area contributed by atoms with Crippen LogP contribution < -0.4 is 4.90 Å². The van der Waals surface area contributed by atoms with Gasteiger partial charge in [-0.05, 0) is 39.8 Å². The number of nitrogens with zero attached hydrogens (tertiary/aromatic N) is 2. The van der Waals surface area contributed by atoms with Crippen molar-refractivity contribution in [2.75, 3.05) is 11.4 Å². The number of anilines is 1. The van der Waals surface area contributed by atoms with E-state index in [0.29, 0.717) is 12.4 Å². The number of pyridine rings is 1. The Morgan fingerprint density at radius 3 is 2.56 bits per heavy atom. The van der Waals surface area contributed by atoms with Crippen LogP contribution in [0.3, 0.4) is 0 Å². The van der Waals surface area contributed by atoms with Gasteiger partial charge >= 0.3 is 6.09 Å². The summed E-state index contributed by atoms with van der Waals surface area (Å²) in [6.45, 7) is 7.95. The normalized spacial score (nSPS) is 11.0. The Morgan fingerprint density at radius 1 is 1.44 bits per heavy atom. The van der Waals surface area contributed by atoms with Gasteiger partial charge in [0.05, 0.1) is 0 Å². The number of hydrogen-bond donors (Lipinski definition) is 0. The van der Waals surface area contributed by atoms with Gasteiger partial charge in [-0.25, -0.2) is 9.78 Å². The molecular weight excluding hydrogens is 204 g/mol. The fourth-order valence-electron chi connectivity index (χ4n) is 1.22. The zero-order chi connectivity index (χ0) is 12.2. The average Bonchev–Trinajstić information content (AvgIpc) is 2.17. The lowest BCUT2D eigenvalue weighted by molar-refractivity contribution is 0.0581. The van der Waals surface area contributed by atoms with Gasteiger partial charge in [0.1, 0.15) is 11.4 Å². The molecule has 0 radical (unpaired) electrons. The fraction of sp³-hybridized carbons (Fsp3) is 0.500. The van der Waals surface area contributed by atoms with Gasteiger partial charge in [0.25, 0.3) is 0 Å². The van der Waals surface area contributed by atoms with Gasteiger partial charge in [0, 0.05) is 12.7 Å². The molecule has 1 rings (SSSR count). The molecule has 0 N–H and O–H groups in total. The van der Waals surface area contributed by atoms with Gasteiger partial charge in [-0.15, -0.1) is 0 Å². The zero-order valence-corrected chi connectivity index (χ0v) is 10.2. The smallest absolute Gasteiger partial charge is 0.415 e. The molecule has 0 spiro atoms. The maximum Gasteiger partial charge on any atom is 0.415 e. The molecule has 4 heteroatoms. The highest BCUT2D eigenvalue weighted by atomic mass is 16.6. The van der Waals surface area contributed by atoms with Crippen molar-refractivity contribution in [2.24, 2.45) is 0 Å². The first-order valence-corrected chi connectivity index (χ1v) is 5.35.